The molecule has 272 valence electrons. The number of rotatable bonds is 35. The molecule has 0 unspecified atom stereocenters. The van der Waals surface area contributed by atoms with Crippen LogP contribution in [0.3, 0.4) is 0 Å². The molecule has 0 aliphatic heterocycles. The molecule has 0 radical (unpaired) electrons. The summed E-state index contributed by atoms with van der Waals surface area (Å²) in [5.74, 6) is 0.368. The molecule has 0 fully saturated rings. The molecule has 0 aliphatic carbocycles. The van der Waals surface area contributed by atoms with Crippen LogP contribution in [-0.4, -0.2) is 42.7 Å². The first-order valence-electron chi connectivity index (χ1n) is 20.1. The normalized spacial score (nSPS) is 12.0. The van der Waals surface area contributed by atoms with Gasteiger partial charge in [0.1, 0.15) is 0 Å². The van der Waals surface area contributed by atoms with E-state index in [-0.39, 0.29) is 24.0 Å². The van der Waals surface area contributed by atoms with Crippen LogP contribution in [0, 0.1) is 0 Å². The van der Waals surface area contributed by atoms with E-state index in [1.807, 2.05) is 0 Å². The van der Waals surface area contributed by atoms with Gasteiger partial charge in [-0.15, -0.1) is 0 Å². The minimum absolute atomic E-state index is 0. The van der Waals surface area contributed by atoms with Gasteiger partial charge in [0.25, 0.3) is 0 Å². The lowest BCUT2D eigenvalue weighted by molar-refractivity contribution is -0.897. The molecular formula is C42H80ClNO2. The Morgan fingerprint density at radius 3 is 1.02 bits per heavy atom. The number of ketones is 2. The van der Waals surface area contributed by atoms with Gasteiger partial charge < -0.3 is 16.9 Å². The molecule has 0 saturated carbocycles. The van der Waals surface area contributed by atoms with Crippen molar-refractivity contribution in [2.45, 2.75) is 213 Å². The topological polar surface area (TPSA) is 34.1 Å². The summed E-state index contributed by atoms with van der Waals surface area (Å²) < 4.78 is 0.518. The van der Waals surface area contributed by atoms with E-state index >= 15 is 0 Å². The van der Waals surface area contributed by atoms with Crippen LogP contribution in [0.5, 0.6) is 0 Å². The minimum atomic E-state index is -0.474. The van der Waals surface area contributed by atoms with Crippen molar-refractivity contribution in [3.8, 4) is 0 Å². The smallest absolute Gasteiger partial charge is 0.206 e. The highest BCUT2D eigenvalue weighted by Gasteiger charge is 2.39. The number of hydrogen-bond donors (Lipinski definition) is 0. The van der Waals surface area contributed by atoms with Crippen LogP contribution in [0.2, 0.25) is 0 Å². The molecule has 0 aromatic rings. The molecule has 0 amide bonds. The second-order valence-corrected chi connectivity index (χ2v) is 14.5. The van der Waals surface area contributed by atoms with Gasteiger partial charge in [0.05, 0.1) is 20.6 Å². The average molecular weight is 667 g/mol. The van der Waals surface area contributed by atoms with Gasteiger partial charge >= 0.3 is 0 Å². The SMILES string of the molecule is CCCCCCCC/C=C\CCCCCCCC(=O)C(C(=O)CCCCCCC/C=C\CCCCCCCC)[N+](C)(C)CCC.[Cl-]. The summed E-state index contributed by atoms with van der Waals surface area (Å²) in [6.07, 6.45) is 44.3. The third kappa shape index (κ3) is 29.2. The third-order valence-corrected chi connectivity index (χ3v) is 9.48. The molecule has 0 saturated heterocycles. The molecule has 0 rings (SSSR count). The molecule has 0 spiro atoms. The number of halogens is 1. The fourth-order valence-electron chi connectivity index (χ4n) is 6.68. The van der Waals surface area contributed by atoms with Crippen molar-refractivity contribution in [2.75, 3.05) is 20.6 Å². The number of nitrogens with zero attached hydrogens (tertiary/aromatic N) is 1. The number of Topliss-reactive ketones (excluding diaryl/α,β-unsaturated/α-hetero) is 2. The number of carbonyl (C=O) groups is 2. The second-order valence-electron chi connectivity index (χ2n) is 14.5. The zero-order chi connectivity index (χ0) is 33.3. The molecule has 0 N–H and O–H groups in total. The quantitative estimate of drug-likeness (QED) is 0.0292. The largest absolute Gasteiger partial charge is 1.00 e. The Morgan fingerprint density at radius 1 is 0.435 bits per heavy atom. The molecule has 0 bridgehead atoms. The van der Waals surface area contributed by atoms with Gasteiger partial charge in [-0.1, -0.05) is 148 Å². The van der Waals surface area contributed by atoms with E-state index in [0.29, 0.717) is 17.3 Å². The van der Waals surface area contributed by atoms with Gasteiger partial charge in [0.15, 0.2) is 11.6 Å². The molecule has 0 aromatic heterocycles. The maximum atomic E-state index is 13.3. The van der Waals surface area contributed by atoms with E-state index in [9.17, 15) is 9.59 Å². The van der Waals surface area contributed by atoms with Crippen LogP contribution >= 0.6 is 0 Å². The molecule has 0 aromatic carbocycles. The van der Waals surface area contributed by atoms with Crippen molar-refractivity contribution in [3.63, 3.8) is 0 Å². The monoisotopic (exact) mass is 666 g/mol. The zero-order valence-electron chi connectivity index (χ0n) is 31.7. The number of unbranched alkanes of at least 4 members (excludes halogenated alkanes) is 22. The van der Waals surface area contributed by atoms with Crippen LogP contribution < -0.4 is 12.4 Å². The predicted molar refractivity (Wildman–Crippen MR) is 200 cm³/mol. The van der Waals surface area contributed by atoms with E-state index in [0.717, 1.165) is 38.6 Å². The van der Waals surface area contributed by atoms with Crippen molar-refractivity contribution in [1.29, 1.82) is 0 Å². The molecule has 0 heterocycles. The van der Waals surface area contributed by atoms with Crippen molar-refractivity contribution in [1.82, 2.24) is 0 Å². The first-order chi connectivity index (χ1) is 21.9. The summed E-state index contributed by atoms with van der Waals surface area (Å²) in [4.78, 5) is 26.7. The molecule has 4 heteroatoms. The first-order valence-corrected chi connectivity index (χ1v) is 20.1. The van der Waals surface area contributed by atoms with Gasteiger partial charge in [-0.05, 0) is 70.6 Å². The highest BCUT2D eigenvalue weighted by molar-refractivity contribution is 6.05. The Hall–Kier alpha value is -0.930. The Morgan fingerprint density at radius 2 is 0.717 bits per heavy atom. The summed E-state index contributed by atoms with van der Waals surface area (Å²) in [5, 5.41) is 0. The lowest BCUT2D eigenvalue weighted by Gasteiger charge is -2.36. The van der Waals surface area contributed by atoms with E-state index in [4.69, 9.17) is 0 Å². The van der Waals surface area contributed by atoms with Crippen molar-refractivity contribution < 1.29 is 26.5 Å². The molecule has 0 atom stereocenters. The zero-order valence-corrected chi connectivity index (χ0v) is 32.5. The van der Waals surface area contributed by atoms with Crippen molar-refractivity contribution in [2.24, 2.45) is 0 Å². The maximum Gasteiger partial charge on any atom is 0.206 e. The minimum Gasteiger partial charge on any atom is -1.00 e. The van der Waals surface area contributed by atoms with Crippen LogP contribution in [0.25, 0.3) is 0 Å². The van der Waals surface area contributed by atoms with Gasteiger partial charge in [0, 0.05) is 12.8 Å². The summed E-state index contributed by atoms with van der Waals surface area (Å²) in [7, 11) is 4.17. The van der Waals surface area contributed by atoms with Crippen molar-refractivity contribution in [3.05, 3.63) is 24.3 Å². The van der Waals surface area contributed by atoms with Crippen LogP contribution in [0.15, 0.2) is 24.3 Å². The summed E-state index contributed by atoms with van der Waals surface area (Å²) in [6, 6.07) is -0.474. The Kier molecular flexibility index (Phi) is 36.3. The van der Waals surface area contributed by atoms with E-state index in [1.165, 1.54) is 141 Å². The Labute approximate surface area is 295 Å². The maximum absolute atomic E-state index is 13.3. The summed E-state index contributed by atoms with van der Waals surface area (Å²) in [5.41, 5.74) is 0. The van der Waals surface area contributed by atoms with Crippen LogP contribution in [0.4, 0.5) is 0 Å². The molecule has 0 aliphatic rings. The number of allylic oxidation sites excluding steroid dienone is 4. The number of quaternary nitrogens is 1. The van der Waals surface area contributed by atoms with Gasteiger partial charge in [0.2, 0.25) is 6.04 Å². The fraction of sp³-hybridized carbons (Fsp3) is 0.857. The lowest BCUT2D eigenvalue weighted by Crippen LogP contribution is -3.00. The number of likely N-dealkylation sites (N-methyl/N-ethyl adjacent to an activating group) is 1. The first kappa shape index (κ1) is 47.2. The standard InChI is InChI=1S/C42H80NO2.ClH/c1-6-9-11-13-15-17-19-21-23-25-27-29-31-33-35-37-40(44)42(43(4,5)39-8-3)41(45)38-36-34-32-30-28-26-24-22-20-18-16-14-12-10-7-2;/h21-24,42H,6-20,25-39H2,1-5H3;1H/q+1;/p-1/b23-21-,24-22-;. The van der Waals surface area contributed by atoms with Crippen LogP contribution in [-0.2, 0) is 9.59 Å². The summed E-state index contributed by atoms with van der Waals surface area (Å²) >= 11 is 0. The van der Waals surface area contributed by atoms with E-state index in [2.05, 4.69) is 59.2 Å². The number of carbonyl (C=O) groups excluding carboxylic acids is 2. The second kappa shape index (κ2) is 35.4. The third-order valence-electron chi connectivity index (χ3n) is 9.48. The molecule has 3 nitrogen and oxygen atoms in total. The van der Waals surface area contributed by atoms with E-state index in [1.54, 1.807) is 0 Å². The Bertz CT molecular complexity index is 677. The highest BCUT2D eigenvalue weighted by Crippen LogP contribution is 2.19. The van der Waals surface area contributed by atoms with Gasteiger partial charge in [-0.2, -0.15) is 0 Å². The Balaban J connectivity index is 0. The van der Waals surface area contributed by atoms with Gasteiger partial charge in [-0.3, -0.25) is 9.59 Å². The van der Waals surface area contributed by atoms with E-state index < -0.39 is 6.04 Å². The van der Waals surface area contributed by atoms with Crippen LogP contribution in [0.1, 0.15) is 207 Å². The summed E-state index contributed by atoms with van der Waals surface area (Å²) in [6.45, 7) is 7.58. The fourth-order valence-corrected chi connectivity index (χ4v) is 6.68. The molecular weight excluding hydrogens is 586 g/mol. The predicted octanol–water partition coefficient (Wildman–Crippen LogP) is 10.1. The average Bonchev–Trinajstić information content (AvgIpc) is 3.01. The number of hydrogen-bond acceptors (Lipinski definition) is 2. The highest BCUT2D eigenvalue weighted by atomic mass is 35.5. The van der Waals surface area contributed by atoms with Crippen molar-refractivity contribution >= 4 is 11.6 Å². The lowest BCUT2D eigenvalue weighted by atomic mass is 9.95. The molecule has 46 heavy (non-hydrogen) atoms. The van der Waals surface area contributed by atoms with Gasteiger partial charge in [-0.25, -0.2) is 0 Å².